The quantitative estimate of drug-likeness (QED) is 0.449. The third-order valence-corrected chi connectivity index (χ3v) is 5.16. The van der Waals surface area contributed by atoms with Crippen molar-refractivity contribution in [2.75, 3.05) is 21.2 Å². The molecule has 0 saturated carbocycles. The lowest BCUT2D eigenvalue weighted by atomic mass is 10.2. The van der Waals surface area contributed by atoms with Crippen LogP contribution < -0.4 is 9.47 Å². The van der Waals surface area contributed by atoms with E-state index in [1.54, 1.807) is 36.4 Å². The highest BCUT2D eigenvalue weighted by Crippen LogP contribution is 2.27. The van der Waals surface area contributed by atoms with E-state index in [4.69, 9.17) is 9.47 Å². The second-order valence-corrected chi connectivity index (χ2v) is 7.39. The fourth-order valence-corrected chi connectivity index (χ4v) is 3.08. The number of methoxy groups -OCH3 is 1. The van der Waals surface area contributed by atoms with Crippen molar-refractivity contribution in [3.8, 4) is 11.5 Å². The number of ether oxygens (including phenoxy) is 2. The van der Waals surface area contributed by atoms with Crippen molar-refractivity contribution < 1.29 is 22.7 Å². The zero-order valence-electron chi connectivity index (χ0n) is 14.2. The summed E-state index contributed by atoms with van der Waals surface area (Å²) < 4.78 is 36.1. The van der Waals surface area contributed by atoms with Crippen molar-refractivity contribution in [1.29, 1.82) is 0 Å². The summed E-state index contributed by atoms with van der Waals surface area (Å²) in [6.07, 6.45) is 2.72. The van der Waals surface area contributed by atoms with Crippen LogP contribution in [0.2, 0.25) is 0 Å². The van der Waals surface area contributed by atoms with Gasteiger partial charge in [0, 0.05) is 20.2 Å². The van der Waals surface area contributed by atoms with Crippen molar-refractivity contribution in [3.05, 3.63) is 60.2 Å². The first-order valence-corrected chi connectivity index (χ1v) is 8.84. The summed E-state index contributed by atoms with van der Waals surface area (Å²) >= 11 is 0. The minimum atomic E-state index is -3.67. The molecule has 0 aromatic heterocycles. The molecule has 0 saturated heterocycles. The monoisotopic (exact) mass is 361 g/mol. The first-order valence-electron chi connectivity index (χ1n) is 7.40. The van der Waals surface area contributed by atoms with E-state index in [-0.39, 0.29) is 10.6 Å². The molecule has 0 atom stereocenters. The molecule has 2 aromatic rings. The van der Waals surface area contributed by atoms with E-state index >= 15 is 0 Å². The molecular formula is C18H19NO5S. The fourth-order valence-electron chi connectivity index (χ4n) is 2.00. The molecule has 0 fully saturated rings. The van der Waals surface area contributed by atoms with E-state index in [1.165, 1.54) is 39.4 Å². The highest BCUT2D eigenvalue weighted by Gasteiger charge is 2.22. The van der Waals surface area contributed by atoms with Crippen LogP contribution in [0.4, 0.5) is 0 Å². The van der Waals surface area contributed by atoms with Gasteiger partial charge >= 0.3 is 5.97 Å². The Morgan fingerprint density at radius 1 is 1.08 bits per heavy atom. The fraction of sp³-hybridized carbons (Fsp3) is 0.167. The van der Waals surface area contributed by atoms with E-state index in [9.17, 15) is 13.2 Å². The number of benzene rings is 2. The normalized spacial score (nSPS) is 11.7. The molecule has 0 spiro atoms. The molecule has 0 aliphatic rings. The largest absolute Gasteiger partial charge is 0.495 e. The van der Waals surface area contributed by atoms with Gasteiger partial charge in [-0.25, -0.2) is 17.5 Å². The molecule has 0 unspecified atom stereocenters. The summed E-state index contributed by atoms with van der Waals surface area (Å²) in [4.78, 5) is 11.9. The summed E-state index contributed by atoms with van der Waals surface area (Å²) in [6, 6.07) is 13.3. The average Bonchev–Trinajstić information content (AvgIpc) is 2.60. The van der Waals surface area contributed by atoms with Gasteiger partial charge in [0.2, 0.25) is 10.0 Å². The number of hydrogen-bond donors (Lipinski definition) is 0. The number of para-hydroxylation sites is 1. The summed E-state index contributed by atoms with van der Waals surface area (Å²) in [7, 11) is 0.607. The van der Waals surface area contributed by atoms with Crippen LogP contribution in [0.15, 0.2) is 59.5 Å². The summed E-state index contributed by atoms with van der Waals surface area (Å²) in [5.41, 5.74) is 0.534. The Bertz CT molecular complexity index is 874. The number of hydrogen-bond acceptors (Lipinski definition) is 5. The third-order valence-electron chi connectivity index (χ3n) is 3.32. The number of carbonyl (C=O) groups is 1. The molecule has 2 aromatic carbocycles. The summed E-state index contributed by atoms with van der Waals surface area (Å²) in [5.74, 6) is 0.111. The molecule has 132 valence electrons. The Hall–Kier alpha value is -2.64. The lowest BCUT2D eigenvalue weighted by Crippen LogP contribution is -2.22. The topological polar surface area (TPSA) is 72.9 Å². The van der Waals surface area contributed by atoms with E-state index in [0.29, 0.717) is 11.3 Å². The van der Waals surface area contributed by atoms with Gasteiger partial charge in [-0.2, -0.15) is 0 Å². The standard InChI is InChI=1S/C18H19NO5S/c1-19(2)25(21,22)17-13-14(9-11-16(17)23-3)10-12-18(20)24-15-7-5-4-6-8-15/h4-13H,1-3H3/b12-10+. The van der Waals surface area contributed by atoms with Gasteiger partial charge in [0.25, 0.3) is 0 Å². The molecule has 0 bridgehead atoms. The van der Waals surface area contributed by atoms with Gasteiger partial charge in [-0.3, -0.25) is 0 Å². The number of rotatable bonds is 6. The maximum atomic E-state index is 12.4. The van der Waals surface area contributed by atoms with Crippen molar-refractivity contribution in [3.63, 3.8) is 0 Å². The predicted molar refractivity (Wildman–Crippen MR) is 95.0 cm³/mol. The maximum Gasteiger partial charge on any atom is 0.336 e. The Balaban J connectivity index is 2.24. The second-order valence-electron chi connectivity index (χ2n) is 5.27. The lowest BCUT2D eigenvalue weighted by molar-refractivity contribution is -0.128. The molecule has 25 heavy (non-hydrogen) atoms. The minimum absolute atomic E-state index is 0.0265. The molecule has 0 amide bonds. The molecule has 7 heteroatoms. The van der Waals surface area contributed by atoms with Gasteiger partial charge in [0.15, 0.2) is 0 Å². The summed E-state index contributed by atoms with van der Waals surface area (Å²) in [6.45, 7) is 0. The van der Waals surface area contributed by atoms with Gasteiger partial charge in [-0.1, -0.05) is 24.3 Å². The number of sulfonamides is 1. The molecule has 0 N–H and O–H groups in total. The van der Waals surface area contributed by atoms with Crippen LogP contribution in [-0.4, -0.2) is 39.9 Å². The first kappa shape index (κ1) is 18.7. The van der Waals surface area contributed by atoms with Crippen molar-refractivity contribution >= 4 is 22.1 Å². The van der Waals surface area contributed by atoms with Gasteiger partial charge in [0.1, 0.15) is 16.4 Å². The van der Waals surface area contributed by atoms with Crippen LogP contribution in [0.3, 0.4) is 0 Å². The highest BCUT2D eigenvalue weighted by atomic mass is 32.2. The molecule has 6 nitrogen and oxygen atoms in total. The third kappa shape index (κ3) is 4.68. The Labute approximate surface area is 147 Å². The number of carbonyl (C=O) groups excluding carboxylic acids is 1. The highest BCUT2D eigenvalue weighted by molar-refractivity contribution is 7.89. The number of esters is 1. The smallest absolute Gasteiger partial charge is 0.336 e. The van der Waals surface area contributed by atoms with Crippen molar-refractivity contribution in [2.45, 2.75) is 4.90 Å². The van der Waals surface area contributed by atoms with Crippen molar-refractivity contribution in [2.24, 2.45) is 0 Å². The average molecular weight is 361 g/mol. The lowest BCUT2D eigenvalue weighted by Gasteiger charge is -2.14. The zero-order chi connectivity index (χ0) is 18.4. The predicted octanol–water partition coefficient (Wildman–Crippen LogP) is 2.56. The minimum Gasteiger partial charge on any atom is -0.495 e. The second kappa shape index (κ2) is 7.96. The van der Waals surface area contributed by atoms with Crippen LogP contribution in [-0.2, 0) is 14.8 Å². The van der Waals surface area contributed by atoms with E-state index in [0.717, 1.165) is 4.31 Å². The van der Waals surface area contributed by atoms with Crippen LogP contribution >= 0.6 is 0 Å². The van der Waals surface area contributed by atoms with E-state index in [1.807, 2.05) is 6.07 Å². The Kier molecular flexibility index (Phi) is 5.95. The van der Waals surface area contributed by atoms with Gasteiger partial charge in [0.05, 0.1) is 7.11 Å². The van der Waals surface area contributed by atoms with E-state index < -0.39 is 16.0 Å². The number of nitrogens with zero attached hydrogens (tertiary/aromatic N) is 1. The van der Waals surface area contributed by atoms with Gasteiger partial charge < -0.3 is 9.47 Å². The Morgan fingerprint density at radius 2 is 1.76 bits per heavy atom. The molecule has 0 radical (unpaired) electrons. The van der Waals surface area contributed by atoms with Crippen LogP contribution in [0.25, 0.3) is 6.08 Å². The van der Waals surface area contributed by atoms with Gasteiger partial charge in [-0.05, 0) is 35.9 Å². The van der Waals surface area contributed by atoms with Crippen LogP contribution in [0.1, 0.15) is 5.56 Å². The molecule has 0 aliphatic heterocycles. The molecule has 0 heterocycles. The van der Waals surface area contributed by atoms with Crippen LogP contribution in [0.5, 0.6) is 11.5 Å². The zero-order valence-corrected chi connectivity index (χ0v) is 15.0. The Morgan fingerprint density at radius 3 is 2.36 bits per heavy atom. The van der Waals surface area contributed by atoms with Crippen molar-refractivity contribution in [1.82, 2.24) is 4.31 Å². The van der Waals surface area contributed by atoms with E-state index in [2.05, 4.69) is 0 Å². The molecular weight excluding hydrogens is 342 g/mol. The molecule has 0 aliphatic carbocycles. The molecule has 2 rings (SSSR count). The maximum absolute atomic E-state index is 12.4. The van der Waals surface area contributed by atoms with Gasteiger partial charge in [-0.15, -0.1) is 0 Å². The van der Waals surface area contributed by atoms with Crippen LogP contribution in [0, 0.1) is 0 Å². The first-order chi connectivity index (χ1) is 11.8. The summed E-state index contributed by atoms with van der Waals surface area (Å²) in [5, 5.41) is 0. The SMILES string of the molecule is COc1ccc(/C=C/C(=O)Oc2ccccc2)cc1S(=O)(=O)N(C)C.